The molecule has 0 radical (unpaired) electrons. The predicted octanol–water partition coefficient (Wildman–Crippen LogP) is 2.47. The zero-order chi connectivity index (χ0) is 13.5. The van der Waals surface area contributed by atoms with Gasteiger partial charge in [0, 0.05) is 11.9 Å². The average Bonchev–Trinajstić information content (AvgIpc) is 2.69. The second-order valence-electron chi connectivity index (χ2n) is 3.50. The number of carboxylic acid groups (broad SMARTS) is 1. The summed E-state index contributed by atoms with van der Waals surface area (Å²) in [5, 5.41) is 8.58. The Hall–Kier alpha value is -1.67. The van der Waals surface area contributed by atoms with E-state index >= 15 is 0 Å². The van der Waals surface area contributed by atoms with Crippen LogP contribution in [0.25, 0.3) is 10.2 Å². The van der Waals surface area contributed by atoms with E-state index in [1.807, 2.05) is 0 Å². The van der Waals surface area contributed by atoms with Crippen LogP contribution in [0, 0.1) is 0 Å². The SMILES string of the molecule is NCc1cc(C(F)(F)F)c2cc(C(=O)O)sc2n1. The van der Waals surface area contributed by atoms with E-state index in [4.69, 9.17) is 10.8 Å². The van der Waals surface area contributed by atoms with Gasteiger partial charge < -0.3 is 10.8 Å². The quantitative estimate of drug-likeness (QED) is 0.883. The molecular formula is C10H7F3N2O2S. The number of fused-ring (bicyclic) bond motifs is 1. The molecule has 96 valence electrons. The van der Waals surface area contributed by atoms with Gasteiger partial charge in [0.05, 0.1) is 11.3 Å². The Morgan fingerprint density at radius 1 is 1.44 bits per heavy atom. The number of aromatic carboxylic acids is 1. The molecule has 2 rings (SSSR count). The molecular weight excluding hydrogens is 269 g/mol. The Kier molecular flexibility index (Phi) is 2.99. The highest BCUT2D eigenvalue weighted by Gasteiger charge is 2.34. The summed E-state index contributed by atoms with van der Waals surface area (Å²) >= 11 is 0.699. The van der Waals surface area contributed by atoms with Crippen molar-refractivity contribution in [3.05, 3.63) is 28.3 Å². The van der Waals surface area contributed by atoms with Crippen LogP contribution < -0.4 is 5.73 Å². The monoisotopic (exact) mass is 276 g/mol. The number of alkyl halides is 3. The van der Waals surface area contributed by atoms with Gasteiger partial charge in [0.2, 0.25) is 0 Å². The number of carboxylic acids is 1. The fourth-order valence-electron chi connectivity index (χ4n) is 1.51. The van der Waals surface area contributed by atoms with Crippen LogP contribution in [-0.2, 0) is 12.7 Å². The number of carbonyl (C=O) groups is 1. The van der Waals surface area contributed by atoms with Gasteiger partial charge in [0.1, 0.15) is 9.71 Å². The van der Waals surface area contributed by atoms with Crippen LogP contribution in [0.3, 0.4) is 0 Å². The zero-order valence-corrected chi connectivity index (χ0v) is 9.60. The van der Waals surface area contributed by atoms with E-state index in [-0.39, 0.29) is 27.3 Å². The normalized spacial score (nSPS) is 12.0. The Bertz CT molecular complexity index is 621. The summed E-state index contributed by atoms with van der Waals surface area (Å²) in [5.41, 5.74) is 4.45. The predicted molar refractivity (Wildman–Crippen MR) is 59.5 cm³/mol. The lowest BCUT2D eigenvalue weighted by molar-refractivity contribution is -0.136. The Morgan fingerprint density at radius 3 is 2.61 bits per heavy atom. The van der Waals surface area contributed by atoms with Crippen molar-refractivity contribution in [2.24, 2.45) is 5.73 Å². The molecule has 0 spiro atoms. The van der Waals surface area contributed by atoms with E-state index < -0.39 is 17.7 Å². The highest BCUT2D eigenvalue weighted by atomic mass is 32.1. The van der Waals surface area contributed by atoms with Crippen LogP contribution in [0.15, 0.2) is 12.1 Å². The lowest BCUT2D eigenvalue weighted by atomic mass is 10.1. The number of thiophene rings is 1. The number of halogens is 3. The van der Waals surface area contributed by atoms with Crippen molar-refractivity contribution in [3.8, 4) is 0 Å². The molecule has 3 N–H and O–H groups in total. The number of pyridine rings is 1. The Labute approximate surface area is 103 Å². The first-order valence-corrected chi connectivity index (χ1v) is 5.58. The summed E-state index contributed by atoms with van der Waals surface area (Å²) < 4.78 is 38.5. The Balaban J connectivity index is 2.77. The summed E-state index contributed by atoms with van der Waals surface area (Å²) in [7, 11) is 0. The molecule has 18 heavy (non-hydrogen) atoms. The van der Waals surface area contributed by atoms with Gasteiger partial charge in [-0.05, 0) is 12.1 Å². The molecule has 0 atom stereocenters. The van der Waals surface area contributed by atoms with Crippen molar-refractivity contribution >= 4 is 27.5 Å². The van der Waals surface area contributed by atoms with E-state index in [1.54, 1.807) is 0 Å². The smallest absolute Gasteiger partial charge is 0.417 e. The van der Waals surface area contributed by atoms with Gasteiger partial charge in [-0.2, -0.15) is 13.2 Å². The standard InChI is InChI=1S/C10H7F3N2O2S/c11-10(12,13)6-1-4(3-14)15-8-5(6)2-7(18-8)9(16)17/h1-2H,3,14H2,(H,16,17). The van der Waals surface area contributed by atoms with E-state index in [1.165, 1.54) is 0 Å². The van der Waals surface area contributed by atoms with Gasteiger partial charge in [-0.15, -0.1) is 11.3 Å². The number of hydrogen-bond acceptors (Lipinski definition) is 4. The van der Waals surface area contributed by atoms with E-state index in [0.717, 1.165) is 12.1 Å². The van der Waals surface area contributed by atoms with Crippen LogP contribution in [0.2, 0.25) is 0 Å². The minimum Gasteiger partial charge on any atom is -0.477 e. The minimum absolute atomic E-state index is 0.0303. The molecule has 4 nitrogen and oxygen atoms in total. The molecule has 0 saturated heterocycles. The second kappa shape index (κ2) is 4.21. The van der Waals surface area contributed by atoms with Gasteiger partial charge in [0.15, 0.2) is 0 Å². The molecule has 0 amide bonds. The van der Waals surface area contributed by atoms with Crippen LogP contribution in [0.5, 0.6) is 0 Å². The summed E-state index contributed by atoms with van der Waals surface area (Å²) in [6.45, 7) is -0.140. The van der Waals surface area contributed by atoms with Gasteiger partial charge in [0.25, 0.3) is 0 Å². The maximum absolute atomic E-state index is 12.8. The third kappa shape index (κ3) is 2.16. The maximum atomic E-state index is 12.8. The molecule has 0 aliphatic heterocycles. The number of hydrogen-bond donors (Lipinski definition) is 2. The number of aromatic nitrogens is 1. The third-order valence-electron chi connectivity index (χ3n) is 2.28. The number of nitrogens with zero attached hydrogens (tertiary/aromatic N) is 1. The summed E-state index contributed by atoms with van der Waals surface area (Å²) in [5.74, 6) is -1.28. The molecule has 0 bridgehead atoms. The van der Waals surface area contributed by atoms with Crippen molar-refractivity contribution < 1.29 is 23.1 Å². The summed E-state index contributed by atoms with van der Waals surface area (Å²) in [4.78, 5) is 14.5. The molecule has 0 unspecified atom stereocenters. The number of rotatable bonds is 2. The molecule has 2 heterocycles. The van der Waals surface area contributed by atoms with Crippen LogP contribution in [0.1, 0.15) is 20.9 Å². The van der Waals surface area contributed by atoms with Gasteiger partial charge in [-0.1, -0.05) is 0 Å². The van der Waals surface area contributed by atoms with E-state index in [9.17, 15) is 18.0 Å². The van der Waals surface area contributed by atoms with Crippen LogP contribution in [0.4, 0.5) is 13.2 Å². The average molecular weight is 276 g/mol. The lowest BCUT2D eigenvalue weighted by Gasteiger charge is -2.09. The fourth-order valence-corrected chi connectivity index (χ4v) is 2.42. The molecule has 0 aliphatic carbocycles. The third-order valence-corrected chi connectivity index (χ3v) is 3.30. The Morgan fingerprint density at radius 2 is 2.11 bits per heavy atom. The molecule has 0 aliphatic rings. The first-order valence-electron chi connectivity index (χ1n) is 4.77. The molecule has 0 aromatic carbocycles. The topological polar surface area (TPSA) is 76.2 Å². The van der Waals surface area contributed by atoms with E-state index in [2.05, 4.69) is 4.98 Å². The zero-order valence-electron chi connectivity index (χ0n) is 8.78. The maximum Gasteiger partial charge on any atom is 0.417 e. The molecule has 8 heteroatoms. The van der Waals surface area contributed by atoms with E-state index in [0.29, 0.717) is 11.3 Å². The van der Waals surface area contributed by atoms with Crippen LogP contribution >= 0.6 is 11.3 Å². The molecule has 0 fully saturated rings. The second-order valence-corrected chi connectivity index (χ2v) is 4.53. The van der Waals surface area contributed by atoms with Crippen molar-refractivity contribution in [2.45, 2.75) is 12.7 Å². The van der Waals surface area contributed by atoms with Crippen molar-refractivity contribution in [1.29, 1.82) is 0 Å². The highest BCUT2D eigenvalue weighted by molar-refractivity contribution is 7.20. The molecule has 2 aromatic heterocycles. The van der Waals surface area contributed by atoms with Crippen molar-refractivity contribution in [1.82, 2.24) is 4.98 Å². The van der Waals surface area contributed by atoms with Gasteiger partial charge in [-0.3, -0.25) is 0 Å². The van der Waals surface area contributed by atoms with Crippen molar-refractivity contribution in [3.63, 3.8) is 0 Å². The number of nitrogens with two attached hydrogens (primary N) is 1. The lowest BCUT2D eigenvalue weighted by Crippen LogP contribution is -2.09. The first kappa shape index (κ1) is 12.8. The largest absolute Gasteiger partial charge is 0.477 e. The summed E-state index contributed by atoms with van der Waals surface area (Å²) in [6, 6.07) is 1.83. The first-order chi connectivity index (χ1) is 8.32. The van der Waals surface area contributed by atoms with Gasteiger partial charge >= 0.3 is 12.1 Å². The van der Waals surface area contributed by atoms with Crippen LogP contribution in [-0.4, -0.2) is 16.1 Å². The minimum atomic E-state index is -4.57. The molecule has 2 aromatic rings. The van der Waals surface area contributed by atoms with Gasteiger partial charge in [-0.25, -0.2) is 9.78 Å². The summed E-state index contributed by atoms with van der Waals surface area (Å²) in [6.07, 6.45) is -4.57. The fraction of sp³-hybridized carbons (Fsp3) is 0.200. The molecule has 0 saturated carbocycles. The highest BCUT2D eigenvalue weighted by Crippen LogP contribution is 2.37. The van der Waals surface area contributed by atoms with Crippen molar-refractivity contribution in [2.75, 3.05) is 0 Å².